The summed E-state index contributed by atoms with van der Waals surface area (Å²) in [5, 5.41) is 9.79. The SMILES string of the molecule is COCC1(S(=O)(=O)N[C@H]2CCCC[C@H]2O)CC1. The molecule has 0 heterocycles. The van der Waals surface area contributed by atoms with E-state index in [1.807, 2.05) is 0 Å². The summed E-state index contributed by atoms with van der Waals surface area (Å²) in [5.74, 6) is 0. The molecule has 5 nitrogen and oxygen atoms in total. The number of nitrogens with one attached hydrogen (secondary N) is 1. The van der Waals surface area contributed by atoms with Crippen molar-refractivity contribution in [3.63, 3.8) is 0 Å². The fraction of sp³-hybridized carbons (Fsp3) is 1.00. The molecule has 2 saturated carbocycles. The molecule has 0 aromatic heterocycles. The maximum absolute atomic E-state index is 12.2. The van der Waals surface area contributed by atoms with Gasteiger partial charge in [0.1, 0.15) is 4.75 Å². The second-order valence-corrected chi connectivity index (χ2v) is 7.30. The van der Waals surface area contributed by atoms with Gasteiger partial charge in [0.2, 0.25) is 10.0 Å². The van der Waals surface area contributed by atoms with Crippen LogP contribution in [0.25, 0.3) is 0 Å². The Morgan fingerprint density at radius 2 is 2.00 bits per heavy atom. The Hall–Kier alpha value is -0.170. The molecule has 2 rings (SSSR count). The fourth-order valence-electron chi connectivity index (χ4n) is 2.47. The quantitative estimate of drug-likeness (QED) is 0.752. The third-order valence-corrected chi connectivity index (χ3v) is 6.10. The van der Waals surface area contributed by atoms with Crippen molar-refractivity contribution in [3.8, 4) is 0 Å². The van der Waals surface area contributed by atoms with Gasteiger partial charge in [-0.2, -0.15) is 0 Å². The van der Waals surface area contributed by atoms with Crippen molar-refractivity contribution in [3.05, 3.63) is 0 Å². The van der Waals surface area contributed by atoms with E-state index >= 15 is 0 Å². The van der Waals surface area contributed by atoms with Crippen LogP contribution in [0.3, 0.4) is 0 Å². The van der Waals surface area contributed by atoms with Gasteiger partial charge in [-0.15, -0.1) is 0 Å². The number of hydrogen-bond donors (Lipinski definition) is 2. The molecule has 0 radical (unpaired) electrons. The Balaban J connectivity index is 2.02. The largest absolute Gasteiger partial charge is 0.391 e. The zero-order valence-corrected chi connectivity index (χ0v) is 11.0. The zero-order chi connectivity index (χ0) is 12.5. The first-order valence-electron chi connectivity index (χ1n) is 6.20. The normalized spacial score (nSPS) is 32.4. The lowest BCUT2D eigenvalue weighted by molar-refractivity contribution is 0.101. The third kappa shape index (κ3) is 2.65. The molecule has 17 heavy (non-hydrogen) atoms. The van der Waals surface area contributed by atoms with E-state index in [0.29, 0.717) is 19.3 Å². The second-order valence-electron chi connectivity index (χ2n) is 5.20. The van der Waals surface area contributed by atoms with Gasteiger partial charge in [0, 0.05) is 13.2 Å². The number of rotatable bonds is 5. The Morgan fingerprint density at radius 1 is 1.35 bits per heavy atom. The summed E-state index contributed by atoms with van der Waals surface area (Å²) in [6.07, 6.45) is 4.12. The van der Waals surface area contributed by atoms with Crippen LogP contribution in [-0.2, 0) is 14.8 Å². The molecule has 0 saturated heterocycles. The van der Waals surface area contributed by atoms with Gasteiger partial charge in [-0.05, 0) is 25.7 Å². The molecule has 2 aliphatic carbocycles. The van der Waals surface area contributed by atoms with Crippen molar-refractivity contribution in [1.82, 2.24) is 4.72 Å². The lowest BCUT2D eigenvalue weighted by Gasteiger charge is -2.29. The van der Waals surface area contributed by atoms with Crippen molar-refractivity contribution in [2.45, 2.75) is 55.4 Å². The Labute approximate surface area is 103 Å². The number of methoxy groups -OCH3 is 1. The van der Waals surface area contributed by atoms with Crippen LogP contribution in [0.4, 0.5) is 0 Å². The van der Waals surface area contributed by atoms with Crippen molar-refractivity contribution >= 4 is 10.0 Å². The van der Waals surface area contributed by atoms with Gasteiger partial charge in [0.15, 0.2) is 0 Å². The molecule has 6 heteroatoms. The molecule has 0 aromatic rings. The molecule has 0 amide bonds. The number of sulfonamides is 1. The van der Waals surface area contributed by atoms with Crippen molar-refractivity contribution < 1.29 is 18.3 Å². The average molecular weight is 263 g/mol. The van der Waals surface area contributed by atoms with Crippen LogP contribution in [0.2, 0.25) is 0 Å². The molecule has 0 aromatic carbocycles. The summed E-state index contributed by atoms with van der Waals surface area (Å²) in [5.41, 5.74) is 0. The van der Waals surface area contributed by atoms with Gasteiger partial charge < -0.3 is 9.84 Å². The van der Waals surface area contributed by atoms with E-state index in [9.17, 15) is 13.5 Å². The van der Waals surface area contributed by atoms with Crippen LogP contribution < -0.4 is 4.72 Å². The van der Waals surface area contributed by atoms with Crippen LogP contribution in [-0.4, -0.2) is 44.1 Å². The van der Waals surface area contributed by atoms with E-state index in [1.165, 1.54) is 7.11 Å². The minimum Gasteiger partial charge on any atom is -0.391 e. The predicted octanol–water partition coefficient (Wildman–Crippen LogP) is 0.388. The monoisotopic (exact) mass is 263 g/mol. The number of aliphatic hydroxyl groups excluding tert-OH is 1. The summed E-state index contributed by atoms with van der Waals surface area (Å²) in [4.78, 5) is 0. The fourth-order valence-corrected chi connectivity index (χ4v) is 4.30. The molecule has 0 aliphatic heterocycles. The van der Waals surface area contributed by atoms with E-state index in [-0.39, 0.29) is 12.6 Å². The first-order valence-corrected chi connectivity index (χ1v) is 7.68. The van der Waals surface area contributed by atoms with Crippen LogP contribution in [0.15, 0.2) is 0 Å². The summed E-state index contributed by atoms with van der Waals surface area (Å²) in [7, 11) is -1.86. The van der Waals surface area contributed by atoms with Gasteiger partial charge in [0.25, 0.3) is 0 Å². The highest BCUT2D eigenvalue weighted by Crippen LogP contribution is 2.43. The zero-order valence-electron chi connectivity index (χ0n) is 10.2. The van der Waals surface area contributed by atoms with Crippen LogP contribution in [0, 0.1) is 0 Å². The molecule has 100 valence electrons. The highest BCUT2D eigenvalue weighted by molar-refractivity contribution is 7.91. The van der Waals surface area contributed by atoms with Crippen molar-refractivity contribution in [1.29, 1.82) is 0 Å². The highest BCUT2D eigenvalue weighted by atomic mass is 32.2. The Kier molecular flexibility index (Phi) is 3.77. The molecule has 2 atom stereocenters. The minimum absolute atomic E-state index is 0.241. The number of ether oxygens (including phenoxy) is 1. The lowest BCUT2D eigenvalue weighted by atomic mass is 9.93. The summed E-state index contributed by atoms with van der Waals surface area (Å²) < 4.78 is 31.4. The van der Waals surface area contributed by atoms with E-state index in [2.05, 4.69) is 4.72 Å². The first-order chi connectivity index (χ1) is 8.01. The molecule has 0 spiro atoms. The maximum atomic E-state index is 12.2. The smallest absolute Gasteiger partial charge is 0.219 e. The molecule has 0 bridgehead atoms. The van der Waals surface area contributed by atoms with E-state index in [1.54, 1.807) is 0 Å². The topological polar surface area (TPSA) is 75.6 Å². The number of aliphatic hydroxyl groups is 1. The van der Waals surface area contributed by atoms with Crippen LogP contribution >= 0.6 is 0 Å². The molecule has 2 N–H and O–H groups in total. The first kappa shape index (κ1) is 13.3. The van der Waals surface area contributed by atoms with Crippen molar-refractivity contribution in [2.75, 3.05) is 13.7 Å². The standard InChI is InChI=1S/C11H21NO4S/c1-16-8-11(6-7-11)17(14,15)12-9-4-2-3-5-10(9)13/h9-10,12-13H,2-8H2,1H3/t9-,10+/m0/s1. The van der Waals surface area contributed by atoms with E-state index in [4.69, 9.17) is 4.74 Å². The molecule has 2 aliphatic rings. The van der Waals surface area contributed by atoms with E-state index < -0.39 is 20.9 Å². The Bertz CT molecular complexity index is 364. The highest BCUT2D eigenvalue weighted by Gasteiger charge is 2.55. The maximum Gasteiger partial charge on any atom is 0.219 e. The van der Waals surface area contributed by atoms with E-state index in [0.717, 1.165) is 19.3 Å². The molecule has 2 fully saturated rings. The summed E-state index contributed by atoms with van der Waals surface area (Å²) in [6, 6.07) is -0.317. The molecular formula is C11H21NO4S. The van der Waals surface area contributed by atoms with Gasteiger partial charge in [-0.1, -0.05) is 12.8 Å². The predicted molar refractivity (Wildman–Crippen MR) is 64.2 cm³/mol. The summed E-state index contributed by atoms with van der Waals surface area (Å²) in [6.45, 7) is 0.241. The molecular weight excluding hydrogens is 242 g/mol. The molecule has 0 unspecified atom stereocenters. The average Bonchev–Trinajstić information content (AvgIpc) is 3.03. The minimum atomic E-state index is -3.38. The van der Waals surface area contributed by atoms with Gasteiger partial charge >= 0.3 is 0 Å². The summed E-state index contributed by atoms with van der Waals surface area (Å²) >= 11 is 0. The van der Waals surface area contributed by atoms with Gasteiger partial charge in [-0.3, -0.25) is 0 Å². The number of hydrogen-bond acceptors (Lipinski definition) is 4. The second kappa shape index (κ2) is 4.84. The van der Waals surface area contributed by atoms with Gasteiger partial charge in [0.05, 0.1) is 12.7 Å². The van der Waals surface area contributed by atoms with Crippen LogP contribution in [0.1, 0.15) is 38.5 Å². The van der Waals surface area contributed by atoms with Crippen LogP contribution in [0.5, 0.6) is 0 Å². The van der Waals surface area contributed by atoms with Gasteiger partial charge in [-0.25, -0.2) is 13.1 Å². The Morgan fingerprint density at radius 3 is 2.53 bits per heavy atom. The third-order valence-electron chi connectivity index (χ3n) is 3.82. The lowest BCUT2D eigenvalue weighted by Crippen LogP contribution is -2.50. The van der Waals surface area contributed by atoms with Crippen molar-refractivity contribution in [2.24, 2.45) is 0 Å².